The Kier molecular flexibility index (Phi) is 6.09. The normalized spacial score (nSPS) is 12.6. The fourth-order valence-electron chi connectivity index (χ4n) is 1.99. The van der Waals surface area contributed by atoms with Crippen molar-refractivity contribution in [3.05, 3.63) is 53.5 Å². The van der Waals surface area contributed by atoms with Gasteiger partial charge in [0.2, 0.25) is 0 Å². The number of hydrogen-bond acceptors (Lipinski definition) is 2. The summed E-state index contributed by atoms with van der Waals surface area (Å²) in [5.41, 5.74) is 2.66. The summed E-state index contributed by atoms with van der Waals surface area (Å²) in [7, 11) is 0. The molecule has 102 valence electrons. The Morgan fingerprint density at radius 1 is 1.16 bits per heavy atom. The minimum atomic E-state index is 0.336. The maximum absolute atomic E-state index is 3.65. The van der Waals surface area contributed by atoms with Gasteiger partial charge < -0.3 is 5.32 Å². The third kappa shape index (κ3) is 4.39. The van der Waals surface area contributed by atoms with Crippen molar-refractivity contribution >= 4 is 59.1 Å². The van der Waals surface area contributed by atoms with Crippen LogP contribution in [0.5, 0.6) is 0 Å². The lowest BCUT2D eigenvalue weighted by Gasteiger charge is -2.18. The average molecular weight is 468 g/mol. The second-order valence-corrected chi connectivity index (χ2v) is 8.89. The SMILES string of the molecule is CCNC(Cc1ccc(Br)cc1)c1cc(Br)sc1Br. The molecule has 1 unspecified atom stereocenters. The molecule has 1 aromatic heterocycles. The molecule has 1 heterocycles. The minimum Gasteiger partial charge on any atom is -0.310 e. The van der Waals surface area contributed by atoms with Gasteiger partial charge in [-0.1, -0.05) is 35.0 Å². The van der Waals surface area contributed by atoms with Crippen LogP contribution < -0.4 is 5.32 Å². The first-order chi connectivity index (χ1) is 9.10. The lowest BCUT2D eigenvalue weighted by Crippen LogP contribution is -2.22. The highest BCUT2D eigenvalue weighted by Crippen LogP contribution is 2.36. The van der Waals surface area contributed by atoms with E-state index >= 15 is 0 Å². The molecule has 2 rings (SSSR count). The van der Waals surface area contributed by atoms with Gasteiger partial charge in [-0.15, -0.1) is 11.3 Å². The summed E-state index contributed by atoms with van der Waals surface area (Å²) < 4.78 is 3.48. The van der Waals surface area contributed by atoms with Crippen molar-refractivity contribution in [1.29, 1.82) is 0 Å². The molecule has 0 radical (unpaired) electrons. The van der Waals surface area contributed by atoms with Gasteiger partial charge in [-0.2, -0.15) is 0 Å². The van der Waals surface area contributed by atoms with Crippen LogP contribution in [0, 0.1) is 0 Å². The highest BCUT2D eigenvalue weighted by atomic mass is 79.9. The number of nitrogens with one attached hydrogen (secondary N) is 1. The first kappa shape index (κ1) is 15.7. The minimum absolute atomic E-state index is 0.336. The second-order valence-electron chi connectivity index (χ2n) is 4.22. The number of thiophene rings is 1. The van der Waals surface area contributed by atoms with Gasteiger partial charge in [0, 0.05) is 10.5 Å². The summed E-state index contributed by atoms with van der Waals surface area (Å²) in [6.07, 6.45) is 0.989. The van der Waals surface area contributed by atoms with Crippen LogP contribution in [0.15, 0.2) is 42.4 Å². The fraction of sp³-hybridized carbons (Fsp3) is 0.286. The lowest BCUT2D eigenvalue weighted by atomic mass is 10.0. The third-order valence-electron chi connectivity index (χ3n) is 2.86. The van der Waals surface area contributed by atoms with Gasteiger partial charge in [0.05, 0.1) is 7.57 Å². The molecule has 0 fully saturated rings. The van der Waals surface area contributed by atoms with E-state index in [-0.39, 0.29) is 0 Å². The average Bonchev–Trinajstić information content (AvgIpc) is 2.71. The van der Waals surface area contributed by atoms with Crippen molar-refractivity contribution < 1.29 is 0 Å². The van der Waals surface area contributed by atoms with Crippen LogP contribution in [0.4, 0.5) is 0 Å². The summed E-state index contributed by atoms with van der Waals surface area (Å²) in [6.45, 7) is 3.10. The zero-order valence-electron chi connectivity index (χ0n) is 10.4. The quantitative estimate of drug-likeness (QED) is 0.574. The van der Waals surface area contributed by atoms with Crippen LogP contribution in [0.2, 0.25) is 0 Å². The molecule has 19 heavy (non-hydrogen) atoms. The fourth-order valence-corrected chi connectivity index (χ4v) is 5.22. The molecule has 0 aliphatic rings. The Morgan fingerprint density at radius 3 is 2.37 bits per heavy atom. The van der Waals surface area contributed by atoms with E-state index in [0.29, 0.717) is 6.04 Å². The Labute approximate surface area is 143 Å². The number of halogens is 3. The lowest BCUT2D eigenvalue weighted by molar-refractivity contribution is 0.549. The van der Waals surface area contributed by atoms with Crippen LogP contribution >= 0.6 is 59.1 Å². The predicted octanol–water partition coefficient (Wildman–Crippen LogP) is 5.93. The predicted molar refractivity (Wildman–Crippen MR) is 94.0 cm³/mol. The molecule has 0 saturated heterocycles. The Bertz CT molecular complexity index is 536. The van der Waals surface area contributed by atoms with Gasteiger partial charge in [0.1, 0.15) is 0 Å². The Balaban J connectivity index is 2.20. The monoisotopic (exact) mass is 465 g/mol. The number of benzene rings is 1. The van der Waals surface area contributed by atoms with Crippen molar-refractivity contribution in [2.75, 3.05) is 6.54 Å². The number of rotatable bonds is 5. The summed E-state index contributed by atoms with van der Waals surface area (Å²) in [4.78, 5) is 0. The smallest absolute Gasteiger partial charge is 0.0758 e. The molecule has 0 aliphatic heterocycles. The molecule has 0 bridgehead atoms. The molecule has 0 saturated carbocycles. The highest BCUT2D eigenvalue weighted by molar-refractivity contribution is 9.12. The van der Waals surface area contributed by atoms with E-state index in [1.54, 1.807) is 11.3 Å². The van der Waals surface area contributed by atoms with Gasteiger partial charge in [-0.3, -0.25) is 0 Å². The Hall–Kier alpha value is 0.320. The molecule has 5 heteroatoms. The van der Waals surface area contributed by atoms with Crippen molar-refractivity contribution in [3.8, 4) is 0 Å². The standard InChI is InChI=1S/C14H14Br3NS/c1-2-18-12(11-8-13(16)19-14(11)17)7-9-3-5-10(15)6-4-9/h3-6,8,12,18H,2,7H2,1H3. The molecule has 0 amide bonds. The summed E-state index contributed by atoms with van der Waals surface area (Å²) in [6, 6.07) is 11.1. The van der Waals surface area contributed by atoms with E-state index in [2.05, 4.69) is 90.4 Å². The zero-order valence-corrected chi connectivity index (χ0v) is 16.0. The van der Waals surface area contributed by atoms with Gasteiger partial charge in [0.25, 0.3) is 0 Å². The third-order valence-corrected chi connectivity index (χ3v) is 5.78. The Morgan fingerprint density at radius 2 is 1.84 bits per heavy atom. The van der Waals surface area contributed by atoms with Crippen molar-refractivity contribution in [3.63, 3.8) is 0 Å². The molecular weight excluding hydrogens is 454 g/mol. The van der Waals surface area contributed by atoms with Crippen molar-refractivity contribution in [2.45, 2.75) is 19.4 Å². The maximum Gasteiger partial charge on any atom is 0.0758 e. The van der Waals surface area contributed by atoms with Gasteiger partial charge in [0.15, 0.2) is 0 Å². The zero-order chi connectivity index (χ0) is 13.8. The van der Waals surface area contributed by atoms with Crippen LogP contribution in [0.3, 0.4) is 0 Å². The largest absolute Gasteiger partial charge is 0.310 e. The first-order valence-electron chi connectivity index (χ1n) is 6.02. The van der Waals surface area contributed by atoms with Gasteiger partial charge >= 0.3 is 0 Å². The van der Waals surface area contributed by atoms with Crippen LogP contribution in [0.25, 0.3) is 0 Å². The van der Waals surface area contributed by atoms with Crippen molar-refractivity contribution in [2.24, 2.45) is 0 Å². The van der Waals surface area contributed by atoms with Crippen molar-refractivity contribution in [1.82, 2.24) is 5.32 Å². The number of hydrogen-bond donors (Lipinski definition) is 1. The second kappa shape index (κ2) is 7.36. The summed E-state index contributed by atoms with van der Waals surface area (Å²) in [5, 5.41) is 3.56. The topological polar surface area (TPSA) is 12.0 Å². The van der Waals surface area contributed by atoms with E-state index in [4.69, 9.17) is 0 Å². The molecule has 1 atom stereocenters. The van der Waals surface area contributed by atoms with Gasteiger partial charge in [-0.05, 0) is 74.2 Å². The molecule has 1 aromatic carbocycles. The van der Waals surface area contributed by atoms with Crippen LogP contribution in [-0.2, 0) is 6.42 Å². The summed E-state index contributed by atoms with van der Waals surface area (Å²) in [5.74, 6) is 0. The van der Waals surface area contributed by atoms with E-state index in [1.165, 1.54) is 14.9 Å². The molecule has 1 N–H and O–H groups in total. The molecule has 2 aromatic rings. The maximum atomic E-state index is 3.65. The highest BCUT2D eigenvalue weighted by Gasteiger charge is 2.16. The van der Waals surface area contributed by atoms with Gasteiger partial charge in [-0.25, -0.2) is 0 Å². The molecule has 1 nitrogen and oxygen atoms in total. The van der Waals surface area contributed by atoms with Crippen LogP contribution in [0.1, 0.15) is 24.1 Å². The molecule has 0 spiro atoms. The summed E-state index contributed by atoms with van der Waals surface area (Å²) >= 11 is 12.4. The van der Waals surface area contributed by atoms with Crippen LogP contribution in [-0.4, -0.2) is 6.54 Å². The molecule has 0 aliphatic carbocycles. The first-order valence-corrected chi connectivity index (χ1v) is 9.22. The van der Waals surface area contributed by atoms with E-state index in [9.17, 15) is 0 Å². The molecular formula is C14H14Br3NS. The van der Waals surface area contributed by atoms with E-state index in [1.807, 2.05) is 0 Å². The number of likely N-dealkylation sites (N-methyl/N-ethyl adjacent to an activating group) is 1. The van der Waals surface area contributed by atoms with E-state index < -0.39 is 0 Å². The van der Waals surface area contributed by atoms with E-state index in [0.717, 1.165) is 21.2 Å².